The molecule has 1 aliphatic heterocycles. The number of hydrogen-bond donors (Lipinski definition) is 0. The number of fused-ring (bicyclic) bond motifs is 9. The van der Waals surface area contributed by atoms with Crippen molar-refractivity contribution in [3.63, 3.8) is 0 Å². The van der Waals surface area contributed by atoms with Crippen LogP contribution in [0.4, 0.5) is 0 Å². The van der Waals surface area contributed by atoms with E-state index in [1.165, 1.54) is 143 Å². The fourth-order valence-electron chi connectivity index (χ4n) is 14.9. The molecule has 0 radical (unpaired) electrons. The van der Waals surface area contributed by atoms with Gasteiger partial charge in [0.15, 0.2) is 0 Å². The topological polar surface area (TPSA) is 18.5 Å². The summed E-state index contributed by atoms with van der Waals surface area (Å²) in [7, 11) is -0.295. The standard InChI is InChI=1S/C61H71BO2/c1-54(2)55(3,4)64-62(63-54)53-24-22-52(23-25-53)61-41-38-60(39-42-61,40-43-61)51-20-12-47(13-21-51)46-10-18-50(19-11-46)59-35-32-58(33-36-59,34-37-59)49-16-8-45(9-17-49)44-6-14-48(15-7-44)57-29-26-56(5,27-30-57)28-31-57/h6-25H,26-43H2,1-5H3. The molecule has 6 bridgehead atoms. The molecular formula is C61H71BO2. The predicted octanol–water partition coefficient (Wildman–Crippen LogP) is 15.0. The zero-order valence-electron chi connectivity index (χ0n) is 39.7. The molecule has 1 saturated heterocycles. The summed E-state index contributed by atoms with van der Waals surface area (Å²) in [5.74, 6) is 0. The highest BCUT2D eigenvalue weighted by molar-refractivity contribution is 6.62. The van der Waals surface area contributed by atoms with Gasteiger partial charge in [0.25, 0.3) is 0 Å². The zero-order chi connectivity index (χ0) is 43.6. The van der Waals surface area contributed by atoms with E-state index in [-0.39, 0.29) is 18.3 Å². The molecule has 0 N–H and O–H groups in total. The fourth-order valence-corrected chi connectivity index (χ4v) is 14.9. The van der Waals surface area contributed by atoms with Crippen LogP contribution in [0.15, 0.2) is 121 Å². The van der Waals surface area contributed by atoms with E-state index in [9.17, 15) is 0 Å². The molecule has 3 heteroatoms. The maximum Gasteiger partial charge on any atom is 0.494 e. The van der Waals surface area contributed by atoms with Crippen molar-refractivity contribution in [1.82, 2.24) is 0 Å². The third-order valence-corrected chi connectivity index (χ3v) is 20.8. The first-order chi connectivity index (χ1) is 30.7. The smallest absolute Gasteiger partial charge is 0.399 e. The summed E-state index contributed by atoms with van der Waals surface area (Å²) in [5.41, 5.74) is 16.1. The molecule has 5 aromatic rings. The molecule has 10 fully saturated rings. The van der Waals surface area contributed by atoms with Gasteiger partial charge < -0.3 is 9.31 Å². The Hall–Kier alpha value is -3.92. The van der Waals surface area contributed by atoms with Gasteiger partial charge in [0, 0.05) is 0 Å². The van der Waals surface area contributed by atoms with Crippen molar-refractivity contribution in [2.24, 2.45) is 5.41 Å². The normalized spacial score (nSPS) is 34.6. The van der Waals surface area contributed by atoms with Gasteiger partial charge in [-0.2, -0.15) is 0 Å². The minimum Gasteiger partial charge on any atom is -0.399 e. The van der Waals surface area contributed by atoms with Crippen LogP contribution in [0.2, 0.25) is 0 Å². The van der Waals surface area contributed by atoms with Gasteiger partial charge in [-0.1, -0.05) is 128 Å². The molecule has 9 saturated carbocycles. The maximum atomic E-state index is 6.36. The largest absolute Gasteiger partial charge is 0.494 e. The minimum atomic E-state index is -0.316. The van der Waals surface area contributed by atoms with E-state index in [0.29, 0.717) is 32.5 Å². The number of benzene rings is 5. The van der Waals surface area contributed by atoms with E-state index >= 15 is 0 Å². The molecule has 15 rings (SSSR count). The molecule has 10 aliphatic rings. The van der Waals surface area contributed by atoms with Gasteiger partial charge in [-0.15, -0.1) is 0 Å². The van der Waals surface area contributed by atoms with E-state index in [1.807, 2.05) is 0 Å². The molecule has 2 nitrogen and oxygen atoms in total. The third kappa shape index (κ3) is 6.54. The Kier molecular flexibility index (Phi) is 9.43. The van der Waals surface area contributed by atoms with Gasteiger partial charge in [0.1, 0.15) is 0 Å². The lowest BCUT2D eigenvalue weighted by Crippen LogP contribution is -2.46. The second-order valence-electron chi connectivity index (χ2n) is 24.2. The van der Waals surface area contributed by atoms with Crippen LogP contribution in [0.1, 0.15) is 178 Å². The quantitative estimate of drug-likeness (QED) is 0.145. The fraction of sp³-hybridized carbons (Fsp3) is 0.508. The van der Waals surface area contributed by atoms with Crippen LogP contribution in [0.5, 0.6) is 0 Å². The van der Waals surface area contributed by atoms with Crippen LogP contribution in [0.3, 0.4) is 0 Å². The van der Waals surface area contributed by atoms with Crippen LogP contribution in [0.25, 0.3) is 22.3 Å². The van der Waals surface area contributed by atoms with Gasteiger partial charge in [0.05, 0.1) is 11.2 Å². The molecule has 0 spiro atoms. The second-order valence-corrected chi connectivity index (χ2v) is 24.2. The van der Waals surface area contributed by atoms with Crippen molar-refractivity contribution in [2.75, 3.05) is 0 Å². The second kappa shape index (κ2) is 14.5. The molecule has 330 valence electrons. The zero-order valence-corrected chi connectivity index (χ0v) is 39.7. The van der Waals surface area contributed by atoms with E-state index in [2.05, 4.69) is 156 Å². The van der Waals surface area contributed by atoms with Crippen LogP contribution in [-0.2, 0) is 36.4 Å². The molecule has 0 atom stereocenters. The highest BCUT2D eigenvalue weighted by atomic mass is 16.7. The lowest BCUT2D eigenvalue weighted by molar-refractivity contribution is 0.00578. The number of rotatable bonds is 8. The van der Waals surface area contributed by atoms with Crippen molar-refractivity contribution in [1.29, 1.82) is 0 Å². The first-order valence-corrected chi connectivity index (χ1v) is 25.6. The Morgan fingerprint density at radius 1 is 0.281 bits per heavy atom. The first-order valence-electron chi connectivity index (χ1n) is 25.6. The van der Waals surface area contributed by atoms with Crippen LogP contribution < -0.4 is 5.46 Å². The lowest BCUT2D eigenvalue weighted by atomic mass is 9.50. The Bertz CT molecular complexity index is 2440. The summed E-state index contributed by atoms with van der Waals surface area (Å²) >= 11 is 0. The Morgan fingerprint density at radius 3 is 0.719 bits per heavy atom. The predicted molar refractivity (Wildman–Crippen MR) is 266 cm³/mol. The summed E-state index contributed by atoms with van der Waals surface area (Å²) in [5, 5.41) is 0. The molecule has 64 heavy (non-hydrogen) atoms. The maximum absolute atomic E-state index is 6.36. The van der Waals surface area contributed by atoms with Crippen LogP contribution in [0, 0.1) is 5.41 Å². The Labute approximate surface area is 385 Å². The molecular weight excluding hydrogens is 775 g/mol. The van der Waals surface area contributed by atoms with Crippen molar-refractivity contribution >= 4 is 12.6 Å². The summed E-state index contributed by atoms with van der Waals surface area (Å²) in [6.07, 6.45) is 23.9. The van der Waals surface area contributed by atoms with E-state index in [0.717, 1.165) is 5.46 Å². The molecule has 0 aromatic heterocycles. The van der Waals surface area contributed by atoms with Crippen LogP contribution >= 0.6 is 0 Å². The molecule has 1 heterocycles. The average molecular weight is 847 g/mol. The summed E-state index contributed by atoms with van der Waals surface area (Å²) in [6.45, 7) is 11.1. The van der Waals surface area contributed by atoms with Crippen molar-refractivity contribution in [3.8, 4) is 22.3 Å². The van der Waals surface area contributed by atoms with E-state index in [1.54, 1.807) is 22.3 Å². The molecule has 5 aromatic carbocycles. The van der Waals surface area contributed by atoms with Gasteiger partial charge in [-0.05, 0) is 231 Å². The summed E-state index contributed by atoms with van der Waals surface area (Å²) < 4.78 is 12.7. The highest BCUT2D eigenvalue weighted by Gasteiger charge is 2.54. The Morgan fingerprint density at radius 2 is 0.484 bits per heavy atom. The van der Waals surface area contributed by atoms with Crippen molar-refractivity contribution in [3.05, 3.63) is 149 Å². The van der Waals surface area contributed by atoms with Gasteiger partial charge in [0.2, 0.25) is 0 Å². The molecule has 0 amide bonds. The summed E-state index contributed by atoms with van der Waals surface area (Å²) in [4.78, 5) is 0. The molecule has 0 unspecified atom stereocenters. The van der Waals surface area contributed by atoms with Crippen molar-refractivity contribution < 1.29 is 9.31 Å². The molecule has 9 aliphatic carbocycles. The minimum absolute atomic E-state index is 0.295. The van der Waals surface area contributed by atoms with Gasteiger partial charge in [-0.3, -0.25) is 0 Å². The van der Waals surface area contributed by atoms with E-state index < -0.39 is 0 Å². The summed E-state index contributed by atoms with van der Waals surface area (Å²) in [6, 6.07) is 48.5. The van der Waals surface area contributed by atoms with Crippen LogP contribution in [-0.4, -0.2) is 18.3 Å². The lowest BCUT2D eigenvalue weighted by Gasteiger charge is -2.54. The average Bonchev–Trinajstić information content (AvgIpc) is 3.58. The van der Waals surface area contributed by atoms with Gasteiger partial charge >= 0.3 is 7.12 Å². The highest BCUT2D eigenvalue weighted by Crippen LogP contribution is 2.61. The van der Waals surface area contributed by atoms with Gasteiger partial charge in [-0.25, -0.2) is 0 Å². The monoisotopic (exact) mass is 847 g/mol. The first kappa shape index (κ1) is 41.5. The number of hydrogen-bond acceptors (Lipinski definition) is 2. The Balaban J connectivity index is 0.664. The third-order valence-electron chi connectivity index (χ3n) is 20.8. The van der Waals surface area contributed by atoms with Crippen molar-refractivity contribution in [2.45, 2.75) is 188 Å². The SMILES string of the molecule is CC12CCC(c3ccc(-c4ccc(C56CCC(c7ccc(-c8ccc(C9%10CCC(c%11ccc(B%12OC(C)(C)C(C)(C)O%12)cc%11)(CC9)CC%10)cc8)cc7)(CC5)CC6)cc4)cc3)(CC1)CC2. The van der Waals surface area contributed by atoms with E-state index in [4.69, 9.17) is 9.31 Å².